The zero-order valence-electron chi connectivity index (χ0n) is 12.4. The Labute approximate surface area is 119 Å². The number of nitro benzene ring substituents is 1. The Morgan fingerprint density at radius 1 is 1.45 bits per heavy atom. The second-order valence-corrected chi connectivity index (χ2v) is 5.79. The molecule has 2 rings (SSSR count). The van der Waals surface area contributed by atoms with Gasteiger partial charge in [0.2, 0.25) is 0 Å². The molecule has 0 radical (unpaired) electrons. The molecule has 1 fully saturated rings. The van der Waals surface area contributed by atoms with Crippen LogP contribution in [0.15, 0.2) is 12.1 Å². The van der Waals surface area contributed by atoms with E-state index in [4.69, 9.17) is 0 Å². The van der Waals surface area contributed by atoms with E-state index in [1.54, 1.807) is 6.07 Å². The van der Waals surface area contributed by atoms with Crippen LogP contribution in [0.5, 0.6) is 0 Å². The lowest BCUT2D eigenvalue weighted by Crippen LogP contribution is -2.29. The lowest BCUT2D eigenvalue weighted by molar-refractivity contribution is -0.384. The molecule has 0 saturated carbocycles. The number of hydrogen-bond acceptors (Lipinski definition) is 4. The van der Waals surface area contributed by atoms with E-state index in [1.165, 1.54) is 12.8 Å². The van der Waals surface area contributed by atoms with Crippen molar-refractivity contribution >= 4 is 11.4 Å². The normalized spacial score (nSPS) is 19.9. The third-order valence-corrected chi connectivity index (χ3v) is 4.01. The smallest absolute Gasteiger partial charge is 0.292 e. The van der Waals surface area contributed by atoms with Crippen molar-refractivity contribution in [3.63, 3.8) is 0 Å². The molecule has 5 nitrogen and oxygen atoms in total. The summed E-state index contributed by atoms with van der Waals surface area (Å²) in [4.78, 5) is 10.9. The van der Waals surface area contributed by atoms with Crippen molar-refractivity contribution in [2.24, 2.45) is 0 Å². The SMILES string of the molecule is Cc1cc(NC(C)CC2CCCN2)c([N+](=O)[O-])cc1C. The van der Waals surface area contributed by atoms with Gasteiger partial charge in [-0.3, -0.25) is 10.1 Å². The Bertz CT molecular complexity index is 496. The summed E-state index contributed by atoms with van der Waals surface area (Å²) in [7, 11) is 0. The van der Waals surface area contributed by atoms with E-state index in [9.17, 15) is 10.1 Å². The van der Waals surface area contributed by atoms with Gasteiger partial charge in [0.05, 0.1) is 4.92 Å². The number of nitrogens with one attached hydrogen (secondary N) is 2. The van der Waals surface area contributed by atoms with Gasteiger partial charge in [0.15, 0.2) is 0 Å². The minimum atomic E-state index is -0.310. The van der Waals surface area contributed by atoms with Gasteiger partial charge >= 0.3 is 0 Å². The van der Waals surface area contributed by atoms with Crippen LogP contribution in [0.3, 0.4) is 0 Å². The molecule has 1 saturated heterocycles. The first-order chi connectivity index (χ1) is 9.47. The first-order valence-electron chi connectivity index (χ1n) is 7.23. The first kappa shape index (κ1) is 14.8. The number of benzene rings is 1. The number of nitrogens with zero attached hydrogens (tertiary/aromatic N) is 1. The Kier molecular flexibility index (Phi) is 4.60. The molecule has 0 amide bonds. The van der Waals surface area contributed by atoms with Gasteiger partial charge < -0.3 is 10.6 Å². The van der Waals surface area contributed by atoms with Gasteiger partial charge in [0, 0.05) is 18.2 Å². The summed E-state index contributed by atoms with van der Waals surface area (Å²) in [6.07, 6.45) is 3.41. The van der Waals surface area contributed by atoms with E-state index in [-0.39, 0.29) is 16.7 Å². The van der Waals surface area contributed by atoms with Crippen molar-refractivity contribution in [1.82, 2.24) is 5.32 Å². The predicted octanol–water partition coefficient (Wildman–Crippen LogP) is 3.15. The van der Waals surface area contributed by atoms with Crippen LogP contribution in [-0.4, -0.2) is 23.6 Å². The average molecular weight is 277 g/mol. The second kappa shape index (κ2) is 6.22. The monoisotopic (exact) mass is 277 g/mol. The summed E-state index contributed by atoms with van der Waals surface area (Å²) < 4.78 is 0. The fourth-order valence-electron chi connectivity index (χ4n) is 2.78. The summed E-state index contributed by atoms with van der Waals surface area (Å²) in [5.41, 5.74) is 2.82. The summed E-state index contributed by atoms with van der Waals surface area (Å²) in [5.74, 6) is 0. The molecule has 110 valence electrons. The molecule has 1 aromatic rings. The number of nitro groups is 1. The van der Waals surface area contributed by atoms with Crippen molar-refractivity contribution in [1.29, 1.82) is 0 Å². The van der Waals surface area contributed by atoms with Crippen LogP contribution >= 0.6 is 0 Å². The zero-order chi connectivity index (χ0) is 14.7. The van der Waals surface area contributed by atoms with Crippen molar-refractivity contribution < 1.29 is 4.92 Å². The average Bonchev–Trinajstić information content (AvgIpc) is 2.85. The highest BCUT2D eigenvalue weighted by Gasteiger charge is 2.20. The van der Waals surface area contributed by atoms with E-state index in [2.05, 4.69) is 17.6 Å². The predicted molar refractivity (Wildman–Crippen MR) is 81.3 cm³/mol. The van der Waals surface area contributed by atoms with Crippen molar-refractivity contribution in [3.8, 4) is 0 Å². The Morgan fingerprint density at radius 2 is 2.15 bits per heavy atom. The third-order valence-electron chi connectivity index (χ3n) is 4.01. The van der Waals surface area contributed by atoms with E-state index in [0.29, 0.717) is 11.7 Å². The van der Waals surface area contributed by atoms with Gasteiger partial charge in [0.25, 0.3) is 5.69 Å². The van der Waals surface area contributed by atoms with E-state index in [1.807, 2.05) is 19.9 Å². The highest BCUT2D eigenvalue weighted by molar-refractivity contribution is 5.64. The molecule has 20 heavy (non-hydrogen) atoms. The highest BCUT2D eigenvalue weighted by atomic mass is 16.6. The van der Waals surface area contributed by atoms with Crippen LogP contribution in [0.2, 0.25) is 0 Å². The third kappa shape index (κ3) is 3.48. The van der Waals surface area contributed by atoms with E-state index in [0.717, 1.165) is 24.1 Å². The quantitative estimate of drug-likeness (QED) is 0.641. The van der Waals surface area contributed by atoms with Crippen LogP contribution in [0.4, 0.5) is 11.4 Å². The molecule has 0 spiro atoms. The summed E-state index contributed by atoms with van der Waals surface area (Å²) in [5, 5.41) is 17.9. The number of rotatable bonds is 5. The minimum Gasteiger partial charge on any atom is -0.377 e. The van der Waals surface area contributed by atoms with Gasteiger partial charge in [-0.25, -0.2) is 0 Å². The van der Waals surface area contributed by atoms with Gasteiger partial charge in [-0.2, -0.15) is 0 Å². The van der Waals surface area contributed by atoms with Crippen LogP contribution < -0.4 is 10.6 Å². The van der Waals surface area contributed by atoms with Crippen LogP contribution in [0, 0.1) is 24.0 Å². The molecule has 2 N–H and O–H groups in total. The number of hydrogen-bond donors (Lipinski definition) is 2. The maximum atomic E-state index is 11.2. The van der Waals surface area contributed by atoms with Crippen molar-refractivity contribution in [2.45, 2.75) is 52.1 Å². The number of anilines is 1. The van der Waals surface area contributed by atoms with E-state index >= 15 is 0 Å². The summed E-state index contributed by atoms with van der Waals surface area (Å²) in [6, 6.07) is 4.28. The molecule has 5 heteroatoms. The molecule has 0 aliphatic carbocycles. The molecule has 1 heterocycles. The van der Waals surface area contributed by atoms with Crippen LogP contribution in [0.25, 0.3) is 0 Å². The summed E-state index contributed by atoms with van der Waals surface area (Å²) in [6.45, 7) is 7.05. The van der Waals surface area contributed by atoms with Gasteiger partial charge in [-0.1, -0.05) is 0 Å². The summed E-state index contributed by atoms with van der Waals surface area (Å²) >= 11 is 0. The Balaban J connectivity index is 2.10. The molecule has 0 bridgehead atoms. The Morgan fingerprint density at radius 3 is 2.75 bits per heavy atom. The largest absolute Gasteiger partial charge is 0.377 e. The number of aryl methyl sites for hydroxylation is 2. The molecular weight excluding hydrogens is 254 g/mol. The Hall–Kier alpha value is -1.62. The zero-order valence-corrected chi connectivity index (χ0v) is 12.4. The maximum absolute atomic E-state index is 11.2. The lowest BCUT2D eigenvalue weighted by atomic mass is 10.0. The van der Waals surface area contributed by atoms with Crippen LogP contribution in [0.1, 0.15) is 37.3 Å². The highest BCUT2D eigenvalue weighted by Crippen LogP contribution is 2.29. The minimum absolute atomic E-state index is 0.166. The standard InChI is InChI=1S/C15H23N3O2/c1-10-7-14(15(18(19)20)8-11(10)2)17-12(3)9-13-5-4-6-16-13/h7-8,12-13,16-17H,4-6,9H2,1-3H3. The molecule has 0 aromatic heterocycles. The molecule has 1 aromatic carbocycles. The fourth-order valence-corrected chi connectivity index (χ4v) is 2.78. The van der Waals surface area contributed by atoms with Gasteiger partial charge in [0.1, 0.15) is 5.69 Å². The second-order valence-electron chi connectivity index (χ2n) is 5.79. The van der Waals surface area contributed by atoms with Crippen molar-refractivity contribution in [3.05, 3.63) is 33.4 Å². The first-order valence-corrected chi connectivity index (χ1v) is 7.23. The van der Waals surface area contributed by atoms with Gasteiger partial charge in [-0.15, -0.1) is 0 Å². The van der Waals surface area contributed by atoms with E-state index < -0.39 is 0 Å². The lowest BCUT2D eigenvalue weighted by Gasteiger charge is -2.20. The van der Waals surface area contributed by atoms with Gasteiger partial charge in [-0.05, 0) is 63.8 Å². The van der Waals surface area contributed by atoms with Crippen LogP contribution in [-0.2, 0) is 0 Å². The molecule has 2 unspecified atom stereocenters. The molecule has 1 aliphatic rings. The fraction of sp³-hybridized carbons (Fsp3) is 0.600. The van der Waals surface area contributed by atoms with Crippen molar-refractivity contribution in [2.75, 3.05) is 11.9 Å². The molecule has 2 atom stereocenters. The maximum Gasteiger partial charge on any atom is 0.292 e. The molecule has 1 aliphatic heterocycles. The topological polar surface area (TPSA) is 67.2 Å². The molecular formula is C15H23N3O2.